The van der Waals surface area contributed by atoms with Crippen molar-refractivity contribution in [3.63, 3.8) is 0 Å². The van der Waals surface area contributed by atoms with Crippen molar-refractivity contribution in [1.29, 1.82) is 0 Å². The molecule has 59 heavy (non-hydrogen) atoms. The summed E-state index contributed by atoms with van der Waals surface area (Å²) >= 11 is 0. The Kier molecular flexibility index (Phi) is 7.80. The monoisotopic (exact) mass is 758 g/mol. The van der Waals surface area contributed by atoms with Crippen LogP contribution in [0.25, 0.3) is 67.2 Å². The second-order valence-electron chi connectivity index (χ2n) is 15.9. The molecule has 0 bridgehead atoms. The lowest BCUT2D eigenvalue weighted by Gasteiger charge is -2.21. The molecule has 3 aliphatic rings. The Morgan fingerprint density at radius 2 is 1.22 bits per heavy atom. The van der Waals surface area contributed by atoms with Crippen molar-refractivity contribution in [2.75, 3.05) is 0 Å². The molecule has 0 saturated heterocycles. The van der Waals surface area contributed by atoms with E-state index in [-0.39, 0.29) is 12.0 Å². The molecule has 5 nitrogen and oxygen atoms in total. The SMILES string of the molecule is C1=CC2Oc3ccccc3C2C=C1c1cccc([C@@H]2Cc3ccccc3-c3cc4c(cc3C2)c2ccccc2n4-c2nc(-c3ccccc3)nc(-c3ccccc3)n2)c1. The third-order valence-electron chi connectivity index (χ3n) is 12.4. The van der Waals surface area contributed by atoms with Crippen LogP contribution in [-0.2, 0) is 12.8 Å². The molecule has 0 amide bonds. The smallest absolute Gasteiger partial charge is 0.238 e. The predicted molar refractivity (Wildman–Crippen MR) is 238 cm³/mol. The van der Waals surface area contributed by atoms with E-state index in [0.29, 0.717) is 23.5 Å². The van der Waals surface area contributed by atoms with Gasteiger partial charge < -0.3 is 4.74 Å². The molecule has 0 spiro atoms. The number of aromatic nitrogens is 4. The van der Waals surface area contributed by atoms with Gasteiger partial charge in [-0.05, 0) is 88.1 Å². The first-order chi connectivity index (χ1) is 29.2. The van der Waals surface area contributed by atoms with Gasteiger partial charge >= 0.3 is 0 Å². The van der Waals surface area contributed by atoms with Gasteiger partial charge in [0, 0.05) is 33.4 Å². The number of benzene rings is 7. The predicted octanol–water partition coefficient (Wildman–Crippen LogP) is 12.4. The molecule has 0 fully saturated rings. The van der Waals surface area contributed by atoms with Crippen LogP contribution in [0.15, 0.2) is 188 Å². The average molecular weight is 759 g/mol. The Morgan fingerprint density at radius 1 is 0.525 bits per heavy atom. The van der Waals surface area contributed by atoms with Gasteiger partial charge in [-0.15, -0.1) is 0 Å². The molecule has 2 aliphatic carbocycles. The summed E-state index contributed by atoms with van der Waals surface area (Å²) in [7, 11) is 0. The highest BCUT2D eigenvalue weighted by Crippen LogP contribution is 2.45. The third kappa shape index (κ3) is 5.72. The van der Waals surface area contributed by atoms with E-state index in [9.17, 15) is 0 Å². The quantitative estimate of drug-likeness (QED) is 0.175. The van der Waals surface area contributed by atoms with Crippen molar-refractivity contribution in [3.05, 3.63) is 216 Å². The molecular weight excluding hydrogens is 721 g/mol. The number of rotatable bonds is 5. The Labute approximate surface area is 342 Å². The van der Waals surface area contributed by atoms with Crippen LogP contribution < -0.4 is 4.74 Å². The van der Waals surface area contributed by atoms with Gasteiger partial charge in [-0.3, -0.25) is 4.57 Å². The normalized spacial score (nSPS) is 17.7. The molecule has 3 atom stereocenters. The van der Waals surface area contributed by atoms with E-state index in [1.807, 2.05) is 36.4 Å². The topological polar surface area (TPSA) is 52.8 Å². The third-order valence-corrected chi connectivity index (χ3v) is 12.4. The largest absolute Gasteiger partial charge is 0.485 e. The summed E-state index contributed by atoms with van der Waals surface area (Å²) in [6.45, 7) is 0. The molecule has 3 heterocycles. The van der Waals surface area contributed by atoms with E-state index in [0.717, 1.165) is 40.8 Å². The number of nitrogens with zero attached hydrogens (tertiary/aromatic N) is 4. The van der Waals surface area contributed by atoms with E-state index in [1.165, 1.54) is 55.3 Å². The summed E-state index contributed by atoms with van der Waals surface area (Å²) < 4.78 is 8.52. The lowest BCUT2D eigenvalue weighted by molar-refractivity contribution is 0.269. The molecule has 2 unspecified atom stereocenters. The van der Waals surface area contributed by atoms with Crippen LogP contribution in [0.2, 0.25) is 0 Å². The molecule has 1 aliphatic heterocycles. The van der Waals surface area contributed by atoms with E-state index < -0.39 is 0 Å². The molecule has 9 aromatic rings. The Hall–Kier alpha value is -7.37. The van der Waals surface area contributed by atoms with Crippen LogP contribution >= 0.6 is 0 Å². The molecule has 0 N–H and O–H groups in total. The highest BCUT2D eigenvalue weighted by Gasteiger charge is 2.33. The summed E-state index contributed by atoms with van der Waals surface area (Å²) in [5.41, 5.74) is 14.4. The van der Waals surface area contributed by atoms with Crippen molar-refractivity contribution < 1.29 is 4.74 Å². The highest BCUT2D eigenvalue weighted by molar-refractivity contribution is 6.10. The van der Waals surface area contributed by atoms with Gasteiger partial charge in [-0.1, -0.05) is 158 Å². The van der Waals surface area contributed by atoms with E-state index >= 15 is 0 Å². The van der Waals surface area contributed by atoms with Crippen LogP contribution in [0, 0.1) is 0 Å². The lowest BCUT2D eigenvalue weighted by atomic mass is 9.84. The Bertz CT molecular complexity index is 3100. The Balaban J connectivity index is 1.000. The molecule has 2 aromatic heterocycles. The minimum atomic E-state index is 0.0546. The molecule has 12 rings (SSSR count). The van der Waals surface area contributed by atoms with E-state index in [1.54, 1.807) is 0 Å². The Morgan fingerprint density at radius 3 is 2.05 bits per heavy atom. The zero-order valence-electron chi connectivity index (χ0n) is 32.2. The fourth-order valence-corrected chi connectivity index (χ4v) is 9.61. The first-order valence-corrected chi connectivity index (χ1v) is 20.5. The highest BCUT2D eigenvalue weighted by atomic mass is 16.5. The number of ether oxygens (including phenoxy) is 1. The number of fused-ring (bicyclic) bond motifs is 9. The van der Waals surface area contributed by atoms with Gasteiger partial charge in [0.2, 0.25) is 5.95 Å². The zero-order chi connectivity index (χ0) is 38.9. The molecule has 0 radical (unpaired) electrons. The molecule has 280 valence electrons. The van der Waals surface area contributed by atoms with Crippen LogP contribution in [0.1, 0.15) is 39.7 Å². The lowest BCUT2D eigenvalue weighted by Crippen LogP contribution is -2.17. The van der Waals surface area contributed by atoms with Gasteiger partial charge in [-0.2, -0.15) is 9.97 Å². The van der Waals surface area contributed by atoms with Crippen molar-refractivity contribution in [2.24, 2.45) is 0 Å². The zero-order valence-corrected chi connectivity index (χ0v) is 32.2. The average Bonchev–Trinajstić information content (AvgIpc) is 3.78. The number of allylic oxidation sites excluding steroid dienone is 2. The maximum absolute atomic E-state index is 6.28. The van der Waals surface area contributed by atoms with Crippen molar-refractivity contribution in [2.45, 2.75) is 30.8 Å². The van der Waals surface area contributed by atoms with Crippen LogP contribution in [0.5, 0.6) is 5.75 Å². The fourth-order valence-electron chi connectivity index (χ4n) is 9.61. The second kappa shape index (κ2) is 13.6. The molecule has 0 saturated carbocycles. The van der Waals surface area contributed by atoms with Crippen LogP contribution in [0.4, 0.5) is 0 Å². The molecular formula is C54H38N4O. The molecule has 7 aromatic carbocycles. The maximum atomic E-state index is 6.28. The van der Waals surface area contributed by atoms with Gasteiger partial charge in [0.1, 0.15) is 11.9 Å². The summed E-state index contributed by atoms with van der Waals surface area (Å²) in [5, 5.41) is 2.37. The number of hydrogen-bond donors (Lipinski definition) is 0. The standard InChI is InChI=1S/C54H38N4O/c1-3-14-34(15-4-1)52-55-53(35-16-5-2-6-17-35)57-54(56-52)58-48-24-11-9-22-43(48)46-32-41-30-40(29-39-18-7-8-21-42(39)45(41)33-49(46)58)37-20-13-19-36(28-37)38-26-27-51-47(31-38)44-23-10-12-25-50(44)59-51/h1-28,31-33,40,47,51H,29-30H2/t40-,47?,51?/m1/s1. The first kappa shape index (κ1) is 33.7. The van der Waals surface area contributed by atoms with Crippen molar-refractivity contribution in [1.82, 2.24) is 19.5 Å². The first-order valence-electron chi connectivity index (χ1n) is 20.5. The fraction of sp³-hybridized carbons (Fsp3) is 0.0926. The van der Waals surface area contributed by atoms with Crippen LogP contribution in [0.3, 0.4) is 0 Å². The molecule has 5 heteroatoms. The second-order valence-corrected chi connectivity index (χ2v) is 15.9. The minimum Gasteiger partial charge on any atom is -0.485 e. The van der Waals surface area contributed by atoms with Gasteiger partial charge in [-0.25, -0.2) is 4.98 Å². The van der Waals surface area contributed by atoms with E-state index in [2.05, 4.69) is 156 Å². The summed E-state index contributed by atoms with van der Waals surface area (Å²) in [6.07, 6.45) is 8.81. The minimum absolute atomic E-state index is 0.0546. The van der Waals surface area contributed by atoms with Crippen LogP contribution in [-0.4, -0.2) is 25.6 Å². The summed E-state index contributed by atoms with van der Waals surface area (Å²) in [6, 6.07) is 60.6. The van der Waals surface area contributed by atoms with Gasteiger partial charge in [0.05, 0.1) is 11.0 Å². The van der Waals surface area contributed by atoms with Gasteiger partial charge in [0.25, 0.3) is 0 Å². The van der Waals surface area contributed by atoms with E-state index in [4.69, 9.17) is 19.7 Å². The van der Waals surface area contributed by atoms with Crippen molar-refractivity contribution in [3.8, 4) is 45.6 Å². The van der Waals surface area contributed by atoms with Crippen molar-refractivity contribution >= 4 is 27.4 Å². The summed E-state index contributed by atoms with van der Waals surface area (Å²) in [5.74, 6) is 3.41. The maximum Gasteiger partial charge on any atom is 0.238 e. The summed E-state index contributed by atoms with van der Waals surface area (Å²) in [4.78, 5) is 15.4. The van der Waals surface area contributed by atoms with Gasteiger partial charge in [0.15, 0.2) is 11.6 Å². The number of para-hydroxylation sites is 2. The number of hydrogen-bond acceptors (Lipinski definition) is 4.